The Kier molecular flexibility index (Phi) is 3.12. The molecular formula is C20H19NO2. The summed E-state index contributed by atoms with van der Waals surface area (Å²) in [5.74, 6) is 0.217. The Bertz CT molecular complexity index is 783. The molecule has 0 unspecified atom stereocenters. The van der Waals surface area contributed by atoms with Gasteiger partial charge >= 0.3 is 0 Å². The highest BCUT2D eigenvalue weighted by Crippen LogP contribution is 2.45. The van der Waals surface area contributed by atoms with Gasteiger partial charge in [-0.1, -0.05) is 48.5 Å². The van der Waals surface area contributed by atoms with Crippen LogP contribution >= 0.6 is 0 Å². The number of hydrogen-bond acceptors (Lipinski definition) is 2. The van der Waals surface area contributed by atoms with Crippen molar-refractivity contribution in [3.05, 3.63) is 71.3 Å². The van der Waals surface area contributed by atoms with Gasteiger partial charge in [0, 0.05) is 24.4 Å². The predicted octanol–water partition coefficient (Wildman–Crippen LogP) is 3.19. The monoisotopic (exact) mass is 305 g/mol. The molecule has 116 valence electrons. The molecule has 2 aromatic rings. The molecule has 0 saturated carbocycles. The first-order valence-electron chi connectivity index (χ1n) is 8.08. The highest BCUT2D eigenvalue weighted by atomic mass is 16.2. The van der Waals surface area contributed by atoms with E-state index in [0.29, 0.717) is 19.4 Å². The molecule has 0 bridgehead atoms. The van der Waals surface area contributed by atoms with Crippen molar-refractivity contribution in [2.24, 2.45) is 5.92 Å². The summed E-state index contributed by atoms with van der Waals surface area (Å²) < 4.78 is 0. The number of piperidine rings is 1. The molecule has 2 atom stereocenters. The second-order valence-corrected chi connectivity index (χ2v) is 6.76. The van der Waals surface area contributed by atoms with E-state index in [1.165, 1.54) is 0 Å². The van der Waals surface area contributed by atoms with Crippen molar-refractivity contribution in [3.63, 3.8) is 0 Å². The number of Topliss-reactive ketones (excluding diaryl/α,β-unsaturated/α-hetero) is 1. The molecule has 23 heavy (non-hydrogen) atoms. The van der Waals surface area contributed by atoms with Crippen LogP contribution < -0.4 is 0 Å². The van der Waals surface area contributed by atoms with Gasteiger partial charge < -0.3 is 4.90 Å². The average Bonchev–Trinajstić information content (AvgIpc) is 2.78. The molecule has 2 aliphatic heterocycles. The molecule has 2 aromatic carbocycles. The van der Waals surface area contributed by atoms with Crippen LogP contribution in [-0.4, -0.2) is 23.1 Å². The van der Waals surface area contributed by atoms with E-state index in [0.717, 1.165) is 16.7 Å². The van der Waals surface area contributed by atoms with E-state index in [1.54, 1.807) is 0 Å². The summed E-state index contributed by atoms with van der Waals surface area (Å²) in [6, 6.07) is 17.7. The topological polar surface area (TPSA) is 37.4 Å². The third-order valence-electron chi connectivity index (χ3n) is 5.28. The zero-order valence-electron chi connectivity index (χ0n) is 13.2. The molecule has 3 heteroatoms. The largest absolute Gasteiger partial charge is 0.328 e. The van der Waals surface area contributed by atoms with Crippen LogP contribution in [0.3, 0.4) is 0 Å². The fraction of sp³-hybridized carbons (Fsp3) is 0.300. The maximum absolute atomic E-state index is 12.8. The number of amides is 1. The molecule has 0 N–H and O–H groups in total. The number of carbonyl (C=O) groups excluding carboxylic acids is 2. The zero-order chi connectivity index (χ0) is 16.0. The third kappa shape index (κ3) is 2.11. The van der Waals surface area contributed by atoms with Crippen molar-refractivity contribution >= 4 is 11.7 Å². The lowest BCUT2D eigenvalue weighted by molar-refractivity contribution is -0.130. The molecule has 4 rings (SSSR count). The summed E-state index contributed by atoms with van der Waals surface area (Å²) in [5, 5.41) is 0. The lowest BCUT2D eigenvalue weighted by Crippen LogP contribution is -2.52. The SMILES string of the molecule is C[C@@]12CC(=O)[C@@H](Cc3ccccc3)CN1C(=O)c1ccccc12. The van der Waals surface area contributed by atoms with Gasteiger partial charge in [0.05, 0.1) is 5.54 Å². The number of nitrogens with zero attached hydrogens (tertiary/aromatic N) is 1. The van der Waals surface area contributed by atoms with Crippen molar-refractivity contribution in [1.29, 1.82) is 0 Å². The van der Waals surface area contributed by atoms with E-state index in [4.69, 9.17) is 0 Å². The Balaban J connectivity index is 1.65. The maximum Gasteiger partial charge on any atom is 0.254 e. The molecular weight excluding hydrogens is 286 g/mol. The Morgan fingerprint density at radius 3 is 2.52 bits per heavy atom. The highest BCUT2D eigenvalue weighted by molar-refractivity contribution is 6.02. The van der Waals surface area contributed by atoms with E-state index in [1.807, 2.05) is 66.4 Å². The quantitative estimate of drug-likeness (QED) is 0.854. The van der Waals surface area contributed by atoms with E-state index in [-0.39, 0.29) is 17.6 Å². The van der Waals surface area contributed by atoms with Crippen LogP contribution in [0.5, 0.6) is 0 Å². The summed E-state index contributed by atoms with van der Waals surface area (Å²) >= 11 is 0. The molecule has 1 saturated heterocycles. The fourth-order valence-corrected chi connectivity index (χ4v) is 4.01. The van der Waals surface area contributed by atoms with Gasteiger partial charge in [0.1, 0.15) is 5.78 Å². The summed E-state index contributed by atoms with van der Waals surface area (Å²) in [5.41, 5.74) is 2.43. The second kappa shape index (κ2) is 5.05. The lowest BCUT2D eigenvalue weighted by atomic mass is 9.78. The molecule has 0 radical (unpaired) electrons. The Labute approximate surface area is 135 Å². The van der Waals surface area contributed by atoms with Gasteiger partial charge in [0.15, 0.2) is 0 Å². The van der Waals surface area contributed by atoms with Crippen molar-refractivity contribution in [1.82, 2.24) is 4.90 Å². The van der Waals surface area contributed by atoms with Crippen LogP contribution in [-0.2, 0) is 16.8 Å². The first kappa shape index (κ1) is 14.2. The first-order chi connectivity index (χ1) is 11.1. The van der Waals surface area contributed by atoms with Gasteiger partial charge in [-0.25, -0.2) is 0 Å². The van der Waals surface area contributed by atoms with Gasteiger partial charge in [-0.15, -0.1) is 0 Å². The smallest absolute Gasteiger partial charge is 0.254 e. The van der Waals surface area contributed by atoms with Crippen LogP contribution in [0.15, 0.2) is 54.6 Å². The minimum absolute atomic E-state index is 0.0636. The Morgan fingerprint density at radius 1 is 1.04 bits per heavy atom. The van der Waals surface area contributed by atoms with Gasteiger partial charge in [0.2, 0.25) is 0 Å². The van der Waals surface area contributed by atoms with Crippen molar-refractivity contribution in [3.8, 4) is 0 Å². The van der Waals surface area contributed by atoms with Crippen LogP contribution in [0.25, 0.3) is 0 Å². The number of rotatable bonds is 2. The van der Waals surface area contributed by atoms with Gasteiger partial charge in [-0.3, -0.25) is 9.59 Å². The summed E-state index contributed by atoms with van der Waals surface area (Å²) in [6.07, 6.45) is 1.11. The van der Waals surface area contributed by atoms with E-state index < -0.39 is 5.54 Å². The third-order valence-corrected chi connectivity index (χ3v) is 5.28. The average molecular weight is 305 g/mol. The van der Waals surface area contributed by atoms with Crippen LogP contribution in [0.4, 0.5) is 0 Å². The molecule has 0 spiro atoms. The Morgan fingerprint density at radius 2 is 1.74 bits per heavy atom. The van der Waals surface area contributed by atoms with Gasteiger partial charge in [-0.2, -0.15) is 0 Å². The predicted molar refractivity (Wildman–Crippen MR) is 88.1 cm³/mol. The van der Waals surface area contributed by atoms with E-state index in [9.17, 15) is 9.59 Å². The van der Waals surface area contributed by atoms with Crippen molar-refractivity contribution < 1.29 is 9.59 Å². The summed E-state index contributed by atoms with van der Waals surface area (Å²) in [6.45, 7) is 2.53. The molecule has 2 aliphatic rings. The van der Waals surface area contributed by atoms with Crippen molar-refractivity contribution in [2.45, 2.75) is 25.3 Å². The molecule has 1 amide bonds. The van der Waals surface area contributed by atoms with E-state index >= 15 is 0 Å². The fourth-order valence-electron chi connectivity index (χ4n) is 4.01. The first-order valence-corrected chi connectivity index (χ1v) is 8.08. The lowest BCUT2D eigenvalue weighted by Gasteiger charge is -2.42. The standard InChI is InChI=1S/C20H19NO2/c1-20-12-18(22)15(11-14-7-3-2-4-8-14)13-21(20)19(23)16-9-5-6-10-17(16)20/h2-10,15H,11-13H2,1H3/t15-,20-/m0/s1. The molecule has 0 aromatic heterocycles. The van der Waals surface area contributed by atoms with Crippen LogP contribution in [0.2, 0.25) is 0 Å². The van der Waals surface area contributed by atoms with Crippen molar-refractivity contribution in [2.75, 3.05) is 6.54 Å². The minimum atomic E-state index is -0.474. The van der Waals surface area contributed by atoms with Gasteiger partial charge in [0.25, 0.3) is 5.91 Å². The number of carbonyl (C=O) groups is 2. The minimum Gasteiger partial charge on any atom is -0.328 e. The number of ketones is 1. The zero-order valence-corrected chi connectivity index (χ0v) is 13.2. The number of fused-ring (bicyclic) bond motifs is 3. The van der Waals surface area contributed by atoms with Gasteiger partial charge in [-0.05, 0) is 30.5 Å². The summed E-state index contributed by atoms with van der Waals surface area (Å²) in [7, 11) is 0. The normalized spacial score (nSPS) is 26.1. The molecule has 0 aliphatic carbocycles. The summed E-state index contributed by atoms with van der Waals surface area (Å²) in [4.78, 5) is 27.4. The number of hydrogen-bond donors (Lipinski definition) is 0. The van der Waals surface area contributed by atoms with Crippen LogP contribution in [0, 0.1) is 5.92 Å². The van der Waals surface area contributed by atoms with E-state index in [2.05, 4.69) is 0 Å². The highest BCUT2D eigenvalue weighted by Gasteiger charge is 2.51. The molecule has 1 fully saturated rings. The molecule has 2 heterocycles. The molecule has 3 nitrogen and oxygen atoms in total. The maximum atomic E-state index is 12.8. The second-order valence-electron chi connectivity index (χ2n) is 6.76. The van der Waals surface area contributed by atoms with Crippen LogP contribution in [0.1, 0.15) is 34.8 Å². The Hall–Kier alpha value is -2.42. The number of benzene rings is 2.